The quantitative estimate of drug-likeness (QED) is 0.563. The van der Waals surface area contributed by atoms with Crippen molar-refractivity contribution in [2.45, 2.75) is 44.4 Å². The van der Waals surface area contributed by atoms with Crippen LogP contribution in [0, 0.1) is 5.92 Å². The zero-order valence-electron chi connectivity index (χ0n) is 8.56. The molecule has 84 valence electrons. The Labute approximate surface area is 83.4 Å². The number of halogens is 1. The SMILES string of the molecule is CC(C)[C@H]1O[C@H](CN)[C@H](O)[C@H](F)[C@H]1N. The molecule has 0 amide bonds. The summed E-state index contributed by atoms with van der Waals surface area (Å²) in [7, 11) is 0. The molecule has 0 saturated carbocycles. The van der Waals surface area contributed by atoms with Gasteiger partial charge in [0.1, 0.15) is 12.3 Å². The summed E-state index contributed by atoms with van der Waals surface area (Å²) < 4.78 is 19.0. The monoisotopic (exact) mass is 206 g/mol. The Balaban J connectivity index is 2.73. The van der Waals surface area contributed by atoms with Gasteiger partial charge in [0.05, 0.1) is 18.2 Å². The fourth-order valence-corrected chi connectivity index (χ4v) is 1.78. The predicted octanol–water partition coefficient (Wildman–Crippen LogP) is -0.605. The molecule has 0 aromatic heterocycles. The smallest absolute Gasteiger partial charge is 0.146 e. The lowest BCUT2D eigenvalue weighted by Gasteiger charge is -2.41. The molecule has 0 aliphatic carbocycles. The van der Waals surface area contributed by atoms with Crippen molar-refractivity contribution in [2.24, 2.45) is 17.4 Å². The van der Waals surface area contributed by atoms with E-state index in [9.17, 15) is 9.50 Å². The van der Waals surface area contributed by atoms with E-state index < -0.39 is 24.4 Å². The highest BCUT2D eigenvalue weighted by Gasteiger charge is 2.44. The lowest BCUT2D eigenvalue weighted by atomic mass is 9.89. The molecule has 0 bridgehead atoms. The summed E-state index contributed by atoms with van der Waals surface area (Å²) in [5.41, 5.74) is 11.0. The largest absolute Gasteiger partial charge is 0.387 e. The molecule has 4 nitrogen and oxygen atoms in total. The van der Waals surface area contributed by atoms with Crippen LogP contribution >= 0.6 is 0 Å². The van der Waals surface area contributed by atoms with Crippen LogP contribution < -0.4 is 11.5 Å². The molecule has 1 heterocycles. The summed E-state index contributed by atoms with van der Waals surface area (Å²) in [6.07, 6.45) is -3.67. The van der Waals surface area contributed by atoms with E-state index in [1.807, 2.05) is 13.8 Å². The van der Waals surface area contributed by atoms with Gasteiger partial charge in [-0.3, -0.25) is 0 Å². The first-order valence-corrected chi connectivity index (χ1v) is 4.92. The van der Waals surface area contributed by atoms with E-state index in [1.165, 1.54) is 0 Å². The molecule has 1 saturated heterocycles. The van der Waals surface area contributed by atoms with Crippen LogP contribution in [0.15, 0.2) is 0 Å². The molecular weight excluding hydrogens is 187 g/mol. The summed E-state index contributed by atoms with van der Waals surface area (Å²) in [6, 6.07) is -0.771. The van der Waals surface area contributed by atoms with Crippen molar-refractivity contribution in [1.82, 2.24) is 0 Å². The molecule has 0 aromatic rings. The van der Waals surface area contributed by atoms with Crippen LogP contribution in [0.3, 0.4) is 0 Å². The van der Waals surface area contributed by atoms with Crippen LogP contribution in [0.1, 0.15) is 13.8 Å². The van der Waals surface area contributed by atoms with Crippen molar-refractivity contribution in [3.63, 3.8) is 0 Å². The van der Waals surface area contributed by atoms with E-state index in [1.54, 1.807) is 0 Å². The van der Waals surface area contributed by atoms with Gasteiger partial charge >= 0.3 is 0 Å². The Hall–Kier alpha value is -0.230. The van der Waals surface area contributed by atoms with Gasteiger partial charge in [0.25, 0.3) is 0 Å². The standard InChI is InChI=1S/C9H19FN2O2/c1-4(2)9-7(12)6(10)8(13)5(3-11)14-9/h4-9,13H,3,11-12H2,1-2H3/t5-,6-,7-,8+,9-/m1/s1. The van der Waals surface area contributed by atoms with E-state index in [0.717, 1.165) is 0 Å². The Kier molecular flexibility index (Phi) is 3.83. The van der Waals surface area contributed by atoms with Gasteiger partial charge in [0.2, 0.25) is 0 Å². The first-order chi connectivity index (χ1) is 6.49. The third-order valence-electron chi connectivity index (χ3n) is 2.68. The number of hydrogen-bond donors (Lipinski definition) is 3. The average molecular weight is 206 g/mol. The molecule has 1 fully saturated rings. The van der Waals surface area contributed by atoms with Gasteiger partial charge in [0.15, 0.2) is 0 Å². The number of nitrogens with two attached hydrogens (primary N) is 2. The van der Waals surface area contributed by atoms with Gasteiger partial charge in [-0.25, -0.2) is 4.39 Å². The number of alkyl halides is 1. The van der Waals surface area contributed by atoms with Crippen LogP contribution in [0.2, 0.25) is 0 Å². The van der Waals surface area contributed by atoms with E-state index in [4.69, 9.17) is 16.2 Å². The van der Waals surface area contributed by atoms with Crippen LogP contribution in [-0.2, 0) is 4.74 Å². The second-order valence-electron chi connectivity index (χ2n) is 4.13. The Bertz CT molecular complexity index is 190. The number of ether oxygens (including phenoxy) is 1. The average Bonchev–Trinajstić information content (AvgIpc) is 2.14. The Morgan fingerprint density at radius 2 is 2.07 bits per heavy atom. The number of hydrogen-bond acceptors (Lipinski definition) is 4. The van der Waals surface area contributed by atoms with Crippen LogP contribution in [0.4, 0.5) is 4.39 Å². The third kappa shape index (κ3) is 2.06. The molecule has 5 atom stereocenters. The zero-order valence-corrected chi connectivity index (χ0v) is 8.56. The van der Waals surface area contributed by atoms with Crippen LogP contribution in [0.5, 0.6) is 0 Å². The summed E-state index contributed by atoms with van der Waals surface area (Å²) >= 11 is 0. The van der Waals surface area contributed by atoms with Gasteiger partial charge in [-0.15, -0.1) is 0 Å². The minimum atomic E-state index is -1.45. The molecule has 1 aliphatic heterocycles. The second kappa shape index (κ2) is 4.53. The van der Waals surface area contributed by atoms with Crippen molar-refractivity contribution >= 4 is 0 Å². The Morgan fingerprint density at radius 1 is 1.50 bits per heavy atom. The predicted molar refractivity (Wildman–Crippen MR) is 51.4 cm³/mol. The molecule has 5 heteroatoms. The molecule has 0 aromatic carbocycles. The van der Waals surface area contributed by atoms with Crippen molar-refractivity contribution in [3.05, 3.63) is 0 Å². The molecule has 0 unspecified atom stereocenters. The van der Waals surface area contributed by atoms with Crippen LogP contribution in [-0.4, -0.2) is 42.2 Å². The van der Waals surface area contributed by atoms with Crippen molar-refractivity contribution < 1.29 is 14.2 Å². The second-order valence-corrected chi connectivity index (χ2v) is 4.13. The van der Waals surface area contributed by atoms with Gasteiger partial charge in [0, 0.05) is 6.54 Å². The van der Waals surface area contributed by atoms with E-state index >= 15 is 0 Å². The molecule has 14 heavy (non-hydrogen) atoms. The maximum absolute atomic E-state index is 13.5. The van der Waals surface area contributed by atoms with Crippen molar-refractivity contribution in [2.75, 3.05) is 6.54 Å². The molecule has 1 rings (SSSR count). The van der Waals surface area contributed by atoms with Crippen LogP contribution in [0.25, 0.3) is 0 Å². The van der Waals surface area contributed by atoms with Crippen molar-refractivity contribution in [1.29, 1.82) is 0 Å². The summed E-state index contributed by atoms with van der Waals surface area (Å²) in [6.45, 7) is 3.92. The fourth-order valence-electron chi connectivity index (χ4n) is 1.78. The van der Waals surface area contributed by atoms with E-state index in [-0.39, 0.29) is 18.6 Å². The highest BCUT2D eigenvalue weighted by Crippen LogP contribution is 2.25. The highest BCUT2D eigenvalue weighted by molar-refractivity contribution is 4.96. The Morgan fingerprint density at radius 3 is 2.50 bits per heavy atom. The van der Waals surface area contributed by atoms with E-state index in [2.05, 4.69) is 0 Å². The molecular formula is C9H19FN2O2. The fraction of sp³-hybridized carbons (Fsp3) is 1.00. The molecule has 0 radical (unpaired) electrons. The van der Waals surface area contributed by atoms with Gasteiger partial charge in [-0.1, -0.05) is 13.8 Å². The minimum absolute atomic E-state index is 0.109. The molecule has 0 spiro atoms. The normalized spacial score (nSPS) is 44.4. The third-order valence-corrected chi connectivity index (χ3v) is 2.68. The maximum Gasteiger partial charge on any atom is 0.146 e. The van der Waals surface area contributed by atoms with Crippen molar-refractivity contribution in [3.8, 4) is 0 Å². The minimum Gasteiger partial charge on any atom is -0.387 e. The van der Waals surface area contributed by atoms with Gasteiger partial charge in [-0.05, 0) is 5.92 Å². The lowest BCUT2D eigenvalue weighted by Crippen LogP contribution is -2.62. The zero-order chi connectivity index (χ0) is 10.9. The lowest BCUT2D eigenvalue weighted by molar-refractivity contribution is -0.167. The molecule has 5 N–H and O–H groups in total. The number of aliphatic hydroxyl groups excluding tert-OH is 1. The first-order valence-electron chi connectivity index (χ1n) is 4.92. The highest BCUT2D eigenvalue weighted by atomic mass is 19.1. The first kappa shape index (κ1) is 11.8. The molecule has 1 aliphatic rings. The number of rotatable bonds is 2. The van der Waals surface area contributed by atoms with Gasteiger partial charge < -0.3 is 21.3 Å². The summed E-state index contributed by atoms with van der Waals surface area (Å²) in [4.78, 5) is 0. The summed E-state index contributed by atoms with van der Waals surface area (Å²) in [5.74, 6) is 0.116. The topological polar surface area (TPSA) is 81.5 Å². The summed E-state index contributed by atoms with van der Waals surface area (Å²) in [5, 5.41) is 9.45. The maximum atomic E-state index is 13.5. The van der Waals surface area contributed by atoms with Gasteiger partial charge in [-0.2, -0.15) is 0 Å². The van der Waals surface area contributed by atoms with E-state index in [0.29, 0.717) is 0 Å². The number of aliphatic hydroxyl groups is 1.